The van der Waals surface area contributed by atoms with Gasteiger partial charge in [0.2, 0.25) is 0 Å². The van der Waals surface area contributed by atoms with Crippen LogP contribution in [0.3, 0.4) is 0 Å². The van der Waals surface area contributed by atoms with E-state index in [1.807, 2.05) is 23.7 Å². The van der Waals surface area contributed by atoms with Gasteiger partial charge < -0.3 is 9.88 Å². The predicted molar refractivity (Wildman–Crippen MR) is 91.2 cm³/mol. The van der Waals surface area contributed by atoms with E-state index >= 15 is 0 Å². The standard InChI is InChI=1S/C18H18ClN3/c1-22-17(19)12-21-18(22)13-20-16-10-6-5-9-15(16)11-14-7-3-2-4-8-14/h2-10,12,20H,11,13H2,1H3. The number of aromatic nitrogens is 2. The normalized spacial score (nSPS) is 10.6. The lowest BCUT2D eigenvalue weighted by molar-refractivity contribution is 0.813. The predicted octanol–water partition coefficient (Wildman–Crippen LogP) is 4.28. The van der Waals surface area contributed by atoms with Crippen molar-refractivity contribution in [2.24, 2.45) is 7.05 Å². The summed E-state index contributed by atoms with van der Waals surface area (Å²) in [5.41, 5.74) is 3.70. The molecule has 1 N–H and O–H groups in total. The fourth-order valence-corrected chi connectivity index (χ4v) is 2.57. The Labute approximate surface area is 135 Å². The van der Waals surface area contributed by atoms with Crippen molar-refractivity contribution in [3.8, 4) is 0 Å². The van der Waals surface area contributed by atoms with Crippen LogP contribution in [0.4, 0.5) is 5.69 Å². The molecule has 4 heteroatoms. The lowest BCUT2D eigenvalue weighted by atomic mass is 10.0. The van der Waals surface area contributed by atoms with Gasteiger partial charge in [0.15, 0.2) is 0 Å². The van der Waals surface area contributed by atoms with Crippen LogP contribution in [-0.2, 0) is 20.0 Å². The van der Waals surface area contributed by atoms with Crippen molar-refractivity contribution in [2.75, 3.05) is 5.32 Å². The van der Waals surface area contributed by atoms with Crippen molar-refractivity contribution in [1.29, 1.82) is 0 Å². The van der Waals surface area contributed by atoms with Crippen molar-refractivity contribution in [2.45, 2.75) is 13.0 Å². The summed E-state index contributed by atoms with van der Waals surface area (Å²) in [6.07, 6.45) is 2.58. The summed E-state index contributed by atoms with van der Waals surface area (Å²) in [5, 5.41) is 4.11. The Morgan fingerprint density at radius 2 is 1.77 bits per heavy atom. The molecule has 0 saturated carbocycles. The van der Waals surface area contributed by atoms with Crippen molar-refractivity contribution in [3.63, 3.8) is 0 Å². The van der Waals surface area contributed by atoms with Crippen LogP contribution in [-0.4, -0.2) is 9.55 Å². The highest BCUT2D eigenvalue weighted by Gasteiger charge is 2.06. The number of anilines is 1. The van der Waals surface area contributed by atoms with Gasteiger partial charge >= 0.3 is 0 Å². The molecule has 1 heterocycles. The molecule has 0 saturated heterocycles. The highest BCUT2D eigenvalue weighted by atomic mass is 35.5. The van der Waals surface area contributed by atoms with Crippen LogP contribution in [0.15, 0.2) is 60.8 Å². The van der Waals surface area contributed by atoms with E-state index in [2.05, 4.69) is 52.8 Å². The fourth-order valence-electron chi connectivity index (χ4n) is 2.43. The minimum absolute atomic E-state index is 0.648. The second-order valence-corrected chi connectivity index (χ2v) is 5.62. The molecule has 0 aliphatic heterocycles. The maximum atomic E-state index is 6.02. The molecule has 0 amide bonds. The third kappa shape index (κ3) is 3.31. The molecular formula is C18H18ClN3. The zero-order chi connectivity index (χ0) is 15.4. The first kappa shape index (κ1) is 14.7. The van der Waals surface area contributed by atoms with Crippen molar-refractivity contribution < 1.29 is 0 Å². The summed E-state index contributed by atoms with van der Waals surface area (Å²) < 4.78 is 1.88. The van der Waals surface area contributed by atoms with Crippen LogP contribution >= 0.6 is 11.6 Å². The molecule has 0 atom stereocenters. The molecule has 0 spiro atoms. The molecule has 0 radical (unpaired) electrons. The third-order valence-corrected chi connectivity index (χ3v) is 4.07. The van der Waals surface area contributed by atoms with E-state index in [-0.39, 0.29) is 0 Å². The van der Waals surface area contributed by atoms with Gasteiger partial charge in [0.05, 0.1) is 12.7 Å². The van der Waals surface area contributed by atoms with Gasteiger partial charge in [-0.15, -0.1) is 0 Å². The maximum Gasteiger partial charge on any atom is 0.128 e. The zero-order valence-corrected chi connectivity index (χ0v) is 13.2. The van der Waals surface area contributed by atoms with Gasteiger partial charge in [0, 0.05) is 12.7 Å². The topological polar surface area (TPSA) is 29.9 Å². The summed E-state index contributed by atoms with van der Waals surface area (Å²) in [7, 11) is 1.92. The Morgan fingerprint density at radius 3 is 2.50 bits per heavy atom. The third-order valence-electron chi connectivity index (χ3n) is 3.72. The molecular weight excluding hydrogens is 294 g/mol. The lowest BCUT2D eigenvalue weighted by Crippen LogP contribution is -2.07. The summed E-state index contributed by atoms with van der Waals surface area (Å²) in [5.74, 6) is 0.916. The number of nitrogens with zero attached hydrogens (tertiary/aromatic N) is 2. The zero-order valence-electron chi connectivity index (χ0n) is 12.5. The van der Waals surface area contributed by atoms with Gasteiger partial charge in [-0.25, -0.2) is 4.98 Å². The highest BCUT2D eigenvalue weighted by Crippen LogP contribution is 2.20. The van der Waals surface area contributed by atoms with Crippen molar-refractivity contribution in [1.82, 2.24) is 9.55 Å². The maximum absolute atomic E-state index is 6.02. The first-order chi connectivity index (χ1) is 10.7. The number of benzene rings is 2. The Balaban J connectivity index is 1.75. The summed E-state index contributed by atoms with van der Waals surface area (Å²) in [4.78, 5) is 4.31. The van der Waals surface area contributed by atoms with Crippen molar-refractivity contribution >= 4 is 17.3 Å². The van der Waals surface area contributed by atoms with E-state index in [1.165, 1.54) is 11.1 Å². The Morgan fingerprint density at radius 1 is 1.05 bits per heavy atom. The van der Waals surface area contributed by atoms with E-state index in [0.29, 0.717) is 11.7 Å². The Bertz CT molecular complexity index is 750. The van der Waals surface area contributed by atoms with Crippen molar-refractivity contribution in [3.05, 3.63) is 82.9 Å². The van der Waals surface area contributed by atoms with Gasteiger partial charge in [0.25, 0.3) is 0 Å². The molecule has 22 heavy (non-hydrogen) atoms. The molecule has 0 aliphatic rings. The Hall–Kier alpha value is -2.26. The molecule has 3 aromatic rings. The minimum Gasteiger partial charge on any atom is -0.378 e. The molecule has 2 aromatic carbocycles. The number of imidazole rings is 1. The Kier molecular flexibility index (Phi) is 4.45. The number of nitrogens with one attached hydrogen (secondary N) is 1. The number of para-hydroxylation sites is 1. The molecule has 112 valence electrons. The monoisotopic (exact) mass is 311 g/mol. The molecule has 0 bridgehead atoms. The molecule has 0 fully saturated rings. The first-order valence-corrected chi connectivity index (χ1v) is 7.63. The van der Waals surface area contributed by atoms with Crippen LogP contribution in [0.5, 0.6) is 0 Å². The second-order valence-electron chi connectivity index (χ2n) is 5.23. The first-order valence-electron chi connectivity index (χ1n) is 7.26. The molecule has 0 aliphatic carbocycles. The van der Waals surface area contributed by atoms with Crippen LogP contribution in [0, 0.1) is 0 Å². The quantitative estimate of drug-likeness (QED) is 0.762. The van der Waals surface area contributed by atoms with E-state index in [4.69, 9.17) is 11.6 Å². The average Bonchev–Trinajstić information content (AvgIpc) is 2.87. The number of hydrogen-bond donors (Lipinski definition) is 1. The van der Waals surface area contributed by atoms with Crippen LogP contribution in [0.2, 0.25) is 5.15 Å². The molecule has 3 rings (SSSR count). The van der Waals surface area contributed by atoms with Gasteiger partial charge in [-0.2, -0.15) is 0 Å². The van der Waals surface area contributed by atoms with E-state index in [0.717, 1.165) is 17.9 Å². The van der Waals surface area contributed by atoms with Crippen LogP contribution in [0.25, 0.3) is 0 Å². The number of hydrogen-bond acceptors (Lipinski definition) is 2. The smallest absolute Gasteiger partial charge is 0.128 e. The van der Waals surface area contributed by atoms with Crippen LogP contribution in [0.1, 0.15) is 17.0 Å². The highest BCUT2D eigenvalue weighted by molar-refractivity contribution is 6.29. The number of halogens is 1. The van der Waals surface area contributed by atoms with Gasteiger partial charge in [-0.05, 0) is 23.6 Å². The fraction of sp³-hybridized carbons (Fsp3) is 0.167. The van der Waals surface area contributed by atoms with E-state index < -0.39 is 0 Å². The molecule has 3 nitrogen and oxygen atoms in total. The average molecular weight is 312 g/mol. The largest absolute Gasteiger partial charge is 0.378 e. The SMILES string of the molecule is Cn1c(Cl)cnc1CNc1ccccc1Cc1ccccc1. The van der Waals surface area contributed by atoms with Gasteiger partial charge in [-0.1, -0.05) is 60.1 Å². The minimum atomic E-state index is 0.648. The number of rotatable bonds is 5. The van der Waals surface area contributed by atoms with Crippen LogP contribution < -0.4 is 5.32 Å². The summed E-state index contributed by atoms with van der Waals surface area (Å²) in [6.45, 7) is 0.648. The summed E-state index contributed by atoms with van der Waals surface area (Å²) in [6, 6.07) is 18.8. The van der Waals surface area contributed by atoms with E-state index in [1.54, 1.807) is 6.20 Å². The van der Waals surface area contributed by atoms with Gasteiger partial charge in [0.1, 0.15) is 11.0 Å². The second kappa shape index (κ2) is 6.67. The summed E-state index contributed by atoms with van der Waals surface area (Å²) >= 11 is 6.02. The lowest BCUT2D eigenvalue weighted by Gasteiger charge is -2.12. The molecule has 1 aromatic heterocycles. The molecule has 0 unspecified atom stereocenters. The van der Waals surface area contributed by atoms with Gasteiger partial charge in [-0.3, -0.25) is 0 Å². The van der Waals surface area contributed by atoms with E-state index in [9.17, 15) is 0 Å².